The number of amides is 1. The molecule has 1 amide bonds. The van der Waals surface area contributed by atoms with Crippen molar-refractivity contribution in [3.8, 4) is 0 Å². The fraction of sp³-hybridized carbons (Fsp3) is 0.667. The minimum atomic E-state index is -5.76. The summed E-state index contributed by atoms with van der Waals surface area (Å²) in [7, 11) is 0. The number of carboxylic acid groups (broad SMARTS) is 1. The minimum Gasteiger partial charge on any atom is -0.481 e. The van der Waals surface area contributed by atoms with Crippen molar-refractivity contribution >= 4 is 23.7 Å². The molecule has 3 rings (SSSR count). The first kappa shape index (κ1) is 30.3. The van der Waals surface area contributed by atoms with Gasteiger partial charge in [0.25, 0.3) is 6.10 Å². The van der Waals surface area contributed by atoms with Gasteiger partial charge in [0.15, 0.2) is 0 Å². The van der Waals surface area contributed by atoms with Crippen LogP contribution in [0.4, 0.5) is 31.1 Å². The number of aliphatic carboxylic acids is 1. The van der Waals surface area contributed by atoms with Gasteiger partial charge < -0.3 is 20.1 Å². The maximum Gasteiger partial charge on any atom is 0.434 e. The molecule has 1 aromatic rings. The number of carbonyl (C=O) groups is 2. The molecule has 0 atom stereocenters. The van der Waals surface area contributed by atoms with Gasteiger partial charge in [0.05, 0.1) is 5.92 Å². The number of nitrogens with zero attached hydrogens (tertiary/aromatic N) is 2. The van der Waals surface area contributed by atoms with Crippen LogP contribution in [-0.4, -0.2) is 77.1 Å². The second-order valence-corrected chi connectivity index (χ2v) is 10.5. The average Bonchev–Trinajstić information content (AvgIpc) is 2.80. The summed E-state index contributed by atoms with van der Waals surface area (Å²) in [5.74, 6) is -1.10. The van der Waals surface area contributed by atoms with E-state index in [2.05, 4.69) is 15.0 Å². The van der Waals surface area contributed by atoms with Crippen molar-refractivity contribution in [2.75, 3.05) is 26.2 Å². The Labute approximate surface area is 221 Å². The van der Waals surface area contributed by atoms with Crippen molar-refractivity contribution in [2.24, 2.45) is 5.92 Å². The second kappa shape index (κ2) is 11.9. The molecule has 2 fully saturated rings. The van der Waals surface area contributed by atoms with Crippen LogP contribution in [0, 0.1) is 5.92 Å². The first-order valence-corrected chi connectivity index (χ1v) is 12.5. The maximum absolute atomic E-state index is 12.7. The summed E-state index contributed by atoms with van der Waals surface area (Å²) in [5.41, 5.74) is 1.33. The average molecular weight is 574 g/mol. The first-order valence-electron chi connectivity index (χ1n) is 12.1. The Kier molecular flexibility index (Phi) is 9.46. The summed E-state index contributed by atoms with van der Waals surface area (Å²) in [6, 6.07) is 5.61. The number of rotatable bonds is 7. The highest BCUT2D eigenvalue weighted by Gasteiger charge is 2.60. The Morgan fingerprint density at radius 2 is 1.61 bits per heavy atom. The number of piperidine rings is 2. The van der Waals surface area contributed by atoms with Gasteiger partial charge in [-0.2, -0.15) is 26.3 Å². The lowest BCUT2D eigenvalue weighted by Gasteiger charge is -2.40. The molecule has 2 saturated heterocycles. The summed E-state index contributed by atoms with van der Waals surface area (Å²) in [6.07, 6.45) is -15.6. The molecule has 2 aliphatic heterocycles. The molecular formula is C24H30ClF6N3O4. The summed E-state index contributed by atoms with van der Waals surface area (Å²) in [5, 5.41) is 13.1. The number of alkyl halides is 6. The molecule has 0 unspecified atom stereocenters. The molecule has 0 aromatic heterocycles. The Morgan fingerprint density at radius 3 is 2.13 bits per heavy atom. The maximum atomic E-state index is 12.7. The van der Waals surface area contributed by atoms with E-state index >= 15 is 0 Å². The summed E-state index contributed by atoms with van der Waals surface area (Å²) >= 11 is 6.31. The number of halogens is 7. The van der Waals surface area contributed by atoms with Gasteiger partial charge in [0.2, 0.25) is 0 Å². The molecule has 0 saturated carbocycles. The Balaban J connectivity index is 1.52. The van der Waals surface area contributed by atoms with Crippen LogP contribution in [0.25, 0.3) is 0 Å². The van der Waals surface area contributed by atoms with Crippen molar-refractivity contribution in [1.82, 2.24) is 15.1 Å². The van der Waals surface area contributed by atoms with Crippen LogP contribution < -0.4 is 5.32 Å². The molecule has 0 spiro atoms. The Bertz CT molecular complexity index is 976. The zero-order valence-corrected chi connectivity index (χ0v) is 21.4. The van der Waals surface area contributed by atoms with Gasteiger partial charge in [-0.3, -0.25) is 9.69 Å². The van der Waals surface area contributed by atoms with Gasteiger partial charge in [-0.05, 0) is 69.0 Å². The lowest BCUT2D eigenvalue weighted by Crippen LogP contribution is -2.54. The first-order chi connectivity index (χ1) is 17.6. The number of hydrogen-bond donors (Lipinski definition) is 2. The lowest BCUT2D eigenvalue weighted by molar-refractivity contribution is -0.308. The fourth-order valence-electron chi connectivity index (χ4n) is 4.68. The predicted molar refractivity (Wildman–Crippen MR) is 126 cm³/mol. The molecule has 0 bridgehead atoms. The van der Waals surface area contributed by atoms with Crippen molar-refractivity contribution in [3.63, 3.8) is 0 Å². The third-order valence-electron chi connectivity index (χ3n) is 7.02. The van der Waals surface area contributed by atoms with Gasteiger partial charge in [0.1, 0.15) is 0 Å². The van der Waals surface area contributed by atoms with E-state index in [0.29, 0.717) is 44.0 Å². The molecule has 7 nitrogen and oxygen atoms in total. The van der Waals surface area contributed by atoms with E-state index in [1.807, 2.05) is 19.1 Å². The summed E-state index contributed by atoms with van der Waals surface area (Å²) < 4.78 is 80.0. The highest BCUT2D eigenvalue weighted by molar-refractivity contribution is 6.30. The van der Waals surface area contributed by atoms with Crippen LogP contribution >= 0.6 is 11.6 Å². The van der Waals surface area contributed by atoms with Crippen LogP contribution in [0.2, 0.25) is 5.02 Å². The van der Waals surface area contributed by atoms with E-state index in [9.17, 15) is 35.9 Å². The third-order valence-corrected chi connectivity index (χ3v) is 7.24. The van der Waals surface area contributed by atoms with Crippen molar-refractivity contribution in [2.45, 2.75) is 69.7 Å². The minimum absolute atomic E-state index is 0.0716. The molecule has 214 valence electrons. The van der Waals surface area contributed by atoms with Gasteiger partial charge in [0, 0.05) is 36.7 Å². The lowest BCUT2D eigenvalue weighted by atomic mass is 9.89. The number of hydrogen-bond acceptors (Lipinski definition) is 5. The number of benzene rings is 1. The van der Waals surface area contributed by atoms with Crippen molar-refractivity contribution < 1.29 is 45.8 Å². The van der Waals surface area contributed by atoms with Crippen LogP contribution in [0.15, 0.2) is 18.2 Å². The highest BCUT2D eigenvalue weighted by atomic mass is 35.5. The molecule has 38 heavy (non-hydrogen) atoms. The monoisotopic (exact) mass is 573 g/mol. The molecule has 0 aliphatic carbocycles. The molecular weight excluding hydrogens is 544 g/mol. The predicted octanol–water partition coefficient (Wildman–Crippen LogP) is 5.21. The van der Waals surface area contributed by atoms with E-state index in [1.54, 1.807) is 6.07 Å². The van der Waals surface area contributed by atoms with Crippen LogP contribution in [0.3, 0.4) is 0 Å². The van der Waals surface area contributed by atoms with Crippen LogP contribution in [0.1, 0.15) is 43.7 Å². The van der Waals surface area contributed by atoms with E-state index in [1.165, 1.54) is 0 Å². The van der Waals surface area contributed by atoms with Crippen molar-refractivity contribution in [1.29, 1.82) is 0 Å². The van der Waals surface area contributed by atoms with E-state index in [4.69, 9.17) is 16.7 Å². The largest absolute Gasteiger partial charge is 0.481 e. The number of likely N-dealkylation sites (tertiary alicyclic amines) is 2. The number of carboxylic acids is 1. The number of ether oxygens (including phenoxy) is 1. The van der Waals surface area contributed by atoms with Crippen LogP contribution in [-0.2, 0) is 22.6 Å². The van der Waals surface area contributed by atoms with E-state index in [0.717, 1.165) is 16.0 Å². The fourth-order valence-corrected chi connectivity index (χ4v) is 4.96. The van der Waals surface area contributed by atoms with E-state index in [-0.39, 0.29) is 31.8 Å². The second-order valence-electron chi connectivity index (χ2n) is 10.1. The summed E-state index contributed by atoms with van der Waals surface area (Å²) in [6.45, 7) is 4.07. The zero-order chi connectivity index (χ0) is 28.3. The van der Waals surface area contributed by atoms with Gasteiger partial charge in [-0.25, -0.2) is 4.79 Å². The standard InChI is InChI=1S/C24H30ClF6N3O4/c1-22(4-8-34(9-5-22)21(37)38-20(23(26,27)28)24(29,30)31)32-13-15-10-16(12-18(25)11-15)14-33-6-2-17(3-7-33)19(35)36/h10-12,17,20,32H,2-9,13-14H2,1H3,(H,35,36). The van der Waals surface area contributed by atoms with Gasteiger partial charge in [-0.1, -0.05) is 17.7 Å². The van der Waals surface area contributed by atoms with Crippen molar-refractivity contribution in [3.05, 3.63) is 34.3 Å². The van der Waals surface area contributed by atoms with Gasteiger partial charge >= 0.3 is 24.4 Å². The smallest absolute Gasteiger partial charge is 0.434 e. The normalized spacial score (nSPS) is 19.6. The molecule has 2 N–H and O–H groups in total. The highest BCUT2D eigenvalue weighted by Crippen LogP contribution is 2.36. The Hall–Kier alpha value is -2.25. The molecule has 14 heteroatoms. The Morgan fingerprint density at radius 1 is 1.05 bits per heavy atom. The SMILES string of the molecule is CC1(NCc2cc(Cl)cc(CN3CCC(C(=O)O)CC3)c2)CCN(C(=O)OC(C(F)(F)F)C(F)(F)F)CC1. The van der Waals surface area contributed by atoms with Crippen LogP contribution in [0.5, 0.6) is 0 Å². The molecule has 2 heterocycles. The number of carbonyl (C=O) groups excluding carboxylic acids is 1. The zero-order valence-electron chi connectivity index (χ0n) is 20.7. The number of nitrogens with one attached hydrogen (secondary N) is 1. The quantitative estimate of drug-likeness (QED) is 0.436. The third kappa shape index (κ3) is 8.37. The van der Waals surface area contributed by atoms with Gasteiger partial charge in [-0.15, -0.1) is 0 Å². The van der Waals surface area contributed by atoms with E-state index < -0.39 is 36.1 Å². The molecule has 0 radical (unpaired) electrons. The molecule has 1 aromatic carbocycles. The topological polar surface area (TPSA) is 82.1 Å². The summed E-state index contributed by atoms with van der Waals surface area (Å²) in [4.78, 5) is 26.2. The molecule has 2 aliphatic rings.